The van der Waals surface area contributed by atoms with E-state index in [1.165, 1.54) is 0 Å². The first-order chi connectivity index (χ1) is 16.2. The third kappa shape index (κ3) is 4.95. The number of nitrogens with zero attached hydrogens (tertiary/aromatic N) is 4. The van der Waals surface area contributed by atoms with Crippen molar-refractivity contribution in [2.75, 3.05) is 17.3 Å². The molecule has 0 saturated carbocycles. The van der Waals surface area contributed by atoms with Gasteiger partial charge in [0.1, 0.15) is 5.75 Å². The monoisotopic (exact) mass is 464 g/mol. The van der Waals surface area contributed by atoms with Gasteiger partial charge in [-0.1, -0.05) is 50.2 Å². The fourth-order valence-corrected chi connectivity index (χ4v) is 4.50. The van der Waals surface area contributed by atoms with E-state index < -0.39 is 6.23 Å². The molecule has 0 unspecified atom stereocenters. The standard InChI is InChI=1S/C25H28N4O3S/c1-4-7-16-33-25-26-23-22(27-28-25)19-10-8-9-11-20(19)29(21(30)5-2)24(32-23)17-12-14-18(15-13-17)31-6-3/h8-15,24H,4-7,16H2,1-3H3/t24-/m0/s1. The van der Waals surface area contributed by atoms with Gasteiger partial charge in [-0.15, -0.1) is 10.2 Å². The van der Waals surface area contributed by atoms with Crippen LogP contribution in [0.4, 0.5) is 5.69 Å². The molecule has 0 bridgehead atoms. The minimum atomic E-state index is -0.694. The molecule has 0 spiro atoms. The maximum Gasteiger partial charge on any atom is 0.247 e. The van der Waals surface area contributed by atoms with Gasteiger partial charge in [0.2, 0.25) is 23.2 Å². The zero-order valence-corrected chi connectivity index (χ0v) is 20.0. The van der Waals surface area contributed by atoms with Gasteiger partial charge in [-0.3, -0.25) is 9.69 Å². The lowest BCUT2D eigenvalue weighted by atomic mass is 10.1. The number of hydrogen-bond acceptors (Lipinski definition) is 7. The topological polar surface area (TPSA) is 77.4 Å². The zero-order chi connectivity index (χ0) is 23.2. The van der Waals surface area contributed by atoms with Crippen LogP contribution in [0.2, 0.25) is 0 Å². The number of fused-ring (bicyclic) bond motifs is 3. The highest BCUT2D eigenvalue weighted by Crippen LogP contribution is 2.43. The lowest BCUT2D eigenvalue weighted by Crippen LogP contribution is -2.37. The van der Waals surface area contributed by atoms with E-state index in [4.69, 9.17) is 14.5 Å². The van der Waals surface area contributed by atoms with Crippen LogP contribution in [0.15, 0.2) is 53.7 Å². The summed E-state index contributed by atoms with van der Waals surface area (Å²) in [5.74, 6) is 2.00. The first-order valence-electron chi connectivity index (χ1n) is 11.3. The van der Waals surface area contributed by atoms with Crippen molar-refractivity contribution in [3.8, 4) is 22.9 Å². The number of carbonyl (C=O) groups excluding carboxylic acids is 1. The van der Waals surface area contributed by atoms with Crippen molar-refractivity contribution in [2.45, 2.75) is 51.4 Å². The maximum atomic E-state index is 13.2. The van der Waals surface area contributed by atoms with E-state index in [-0.39, 0.29) is 5.91 Å². The maximum absolute atomic E-state index is 13.2. The molecule has 0 fully saturated rings. The van der Waals surface area contributed by atoms with Crippen LogP contribution in [0, 0.1) is 0 Å². The Kier molecular flexibility index (Phi) is 7.44. The van der Waals surface area contributed by atoms with E-state index in [0.29, 0.717) is 29.8 Å². The number of rotatable bonds is 8. The molecule has 1 amide bonds. The van der Waals surface area contributed by atoms with Gasteiger partial charge in [0.15, 0.2) is 5.69 Å². The van der Waals surface area contributed by atoms with Gasteiger partial charge in [-0.05, 0) is 43.7 Å². The first-order valence-corrected chi connectivity index (χ1v) is 12.3. The molecule has 1 atom stereocenters. The third-order valence-electron chi connectivity index (χ3n) is 5.29. The normalized spacial score (nSPS) is 14.6. The number of benzene rings is 2. The molecule has 7 nitrogen and oxygen atoms in total. The number of aromatic nitrogens is 3. The molecule has 0 saturated heterocycles. The average molecular weight is 465 g/mol. The molecule has 172 valence electrons. The number of ether oxygens (including phenoxy) is 2. The molecular formula is C25H28N4O3S. The molecule has 1 aromatic heterocycles. The molecule has 8 heteroatoms. The Hall–Kier alpha value is -3.13. The Morgan fingerprint density at radius 2 is 1.88 bits per heavy atom. The van der Waals surface area contributed by atoms with E-state index in [2.05, 4.69) is 17.1 Å². The second-order valence-electron chi connectivity index (χ2n) is 7.56. The Balaban J connectivity index is 1.82. The summed E-state index contributed by atoms with van der Waals surface area (Å²) < 4.78 is 12.0. The second kappa shape index (κ2) is 10.7. The Morgan fingerprint density at radius 3 is 2.61 bits per heavy atom. The van der Waals surface area contributed by atoms with Gasteiger partial charge in [0.05, 0.1) is 12.3 Å². The summed E-state index contributed by atoms with van der Waals surface area (Å²) in [5.41, 5.74) is 2.85. The van der Waals surface area contributed by atoms with Crippen LogP contribution in [0.1, 0.15) is 51.8 Å². The molecule has 4 rings (SSSR count). The highest BCUT2D eigenvalue weighted by atomic mass is 32.2. The Morgan fingerprint density at radius 1 is 1.09 bits per heavy atom. The predicted molar refractivity (Wildman–Crippen MR) is 130 cm³/mol. The van der Waals surface area contributed by atoms with Crippen molar-refractivity contribution in [3.05, 3.63) is 54.1 Å². The van der Waals surface area contributed by atoms with Crippen LogP contribution in [0.3, 0.4) is 0 Å². The number of amides is 1. The highest BCUT2D eigenvalue weighted by molar-refractivity contribution is 7.99. The molecule has 2 heterocycles. The molecule has 1 aliphatic heterocycles. The lowest BCUT2D eigenvalue weighted by molar-refractivity contribution is -0.120. The van der Waals surface area contributed by atoms with Gasteiger partial charge in [-0.25, -0.2) is 0 Å². The summed E-state index contributed by atoms with van der Waals surface area (Å²) in [5, 5.41) is 9.37. The molecule has 2 aromatic carbocycles. The predicted octanol–water partition coefficient (Wildman–Crippen LogP) is 5.66. The molecule has 0 radical (unpaired) electrons. The van der Waals surface area contributed by atoms with Crippen LogP contribution < -0.4 is 14.4 Å². The number of hydrogen-bond donors (Lipinski definition) is 0. The summed E-state index contributed by atoms with van der Waals surface area (Å²) in [7, 11) is 0. The average Bonchev–Trinajstić information content (AvgIpc) is 2.99. The zero-order valence-electron chi connectivity index (χ0n) is 19.2. The Bertz CT molecular complexity index is 1110. The molecular weight excluding hydrogens is 436 g/mol. The summed E-state index contributed by atoms with van der Waals surface area (Å²) >= 11 is 1.56. The fraction of sp³-hybridized carbons (Fsp3) is 0.360. The molecule has 0 aliphatic carbocycles. The van der Waals surface area contributed by atoms with Crippen LogP contribution in [0.5, 0.6) is 11.6 Å². The number of unbranched alkanes of at least 4 members (excludes halogenated alkanes) is 1. The number of thioether (sulfide) groups is 1. The van der Waals surface area contributed by atoms with Gasteiger partial charge in [-0.2, -0.15) is 4.98 Å². The Labute approximate surface area is 198 Å². The lowest BCUT2D eigenvalue weighted by Gasteiger charge is -2.30. The van der Waals surface area contributed by atoms with E-state index in [1.807, 2.05) is 62.4 Å². The fourth-order valence-electron chi connectivity index (χ4n) is 3.63. The molecule has 1 aliphatic rings. The van der Waals surface area contributed by atoms with Crippen molar-refractivity contribution in [2.24, 2.45) is 0 Å². The van der Waals surface area contributed by atoms with Crippen LogP contribution in [-0.4, -0.2) is 33.4 Å². The SMILES string of the molecule is CCCCSc1nnc2c(n1)O[C@@H](c1ccc(OCC)cc1)N(C(=O)CC)c1ccccc1-2. The number of anilines is 1. The summed E-state index contributed by atoms with van der Waals surface area (Å²) in [6.45, 7) is 6.53. The molecule has 0 N–H and O–H groups in total. The number of carbonyl (C=O) groups is 1. The van der Waals surface area contributed by atoms with Crippen LogP contribution in [-0.2, 0) is 4.79 Å². The highest BCUT2D eigenvalue weighted by Gasteiger charge is 2.35. The molecule has 33 heavy (non-hydrogen) atoms. The smallest absolute Gasteiger partial charge is 0.247 e. The van der Waals surface area contributed by atoms with E-state index in [0.717, 1.165) is 41.2 Å². The largest absolute Gasteiger partial charge is 0.494 e. The van der Waals surface area contributed by atoms with Crippen LogP contribution >= 0.6 is 11.8 Å². The van der Waals surface area contributed by atoms with Crippen molar-refractivity contribution in [1.82, 2.24) is 15.2 Å². The minimum absolute atomic E-state index is 0.0559. The second-order valence-corrected chi connectivity index (χ2v) is 8.62. The molecule has 3 aromatic rings. The van der Waals surface area contributed by atoms with Crippen molar-refractivity contribution >= 4 is 23.4 Å². The van der Waals surface area contributed by atoms with Gasteiger partial charge < -0.3 is 9.47 Å². The first kappa shape index (κ1) is 23.0. The minimum Gasteiger partial charge on any atom is -0.494 e. The third-order valence-corrected chi connectivity index (χ3v) is 6.21. The summed E-state index contributed by atoms with van der Waals surface area (Å²) in [6, 6.07) is 15.3. The number of para-hydroxylation sites is 1. The van der Waals surface area contributed by atoms with E-state index in [9.17, 15) is 4.79 Å². The summed E-state index contributed by atoms with van der Waals surface area (Å²) in [6.07, 6.45) is 1.81. The van der Waals surface area contributed by atoms with Crippen LogP contribution in [0.25, 0.3) is 11.3 Å². The van der Waals surface area contributed by atoms with E-state index >= 15 is 0 Å². The van der Waals surface area contributed by atoms with Crippen molar-refractivity contribution in [1.29, 1.82) is 0 Å². The van der Waals surface area contributed by atoms with Crippen molar-refractivity contribution in [3.63, 3.8) is 0 Å². The van der Waals surface area contributed by atoms with E-state index in [1.54, 1.807) is 16.7 Å². The van der Waals surface area contributed by atoms with Crippen molar-refractivity contribution < 1.29 is 14.3 Å². The summed E-state index contributed by atoms with van der Waals surface area (Å²) in [4.78, 5) is 19.6. The quantitative estimate of drug-likeness (QED) is 0.314. The van der Waals surface area contributed by atoms with Gasteiger partial charge in [0, 0.05) is 23.3 Å². The van der Waals surface area contributed by atoms with Gasteiger partial charge in [0.25, 0.3) is 0 Å². The van der Waals surface area contributed by atoms with Gasteiger partial charge >= 0.3 is 0 Å².